The highest BCUT2D eigenvalue weighted by Gasteiger charge is 2.20. The number of aromatic carboxylic acids is 1. The maximum absolute atomic E-state index is 11.1. The molecule has 0 aliphatic carbocycles. The summed E-state index contributed by atoms with van der Waals surface area (Å²) >= 11 is 17.7. The molecule has 0 bridgehead atoms. The topological polar surface area (TPSA) is 118 Å². The minimum absolute atomic E-state index is 0.0366. The number of pyridine rings is 1. The van der Waals surface area contributed by atoms with Crippen LogP contribution in [0.4, 0.5) is 11.4 Å². The van der Waals surface area contributed by atoms with Gasteiger partial charge in [0, 0.05) is 17.7 Å². The molecule has 2 rings (SSSR count). The van der Waals surface area contributed by atoms with E-state index in [-0.39, 0.29) is 26.6 Å². The first kappa shape index (κ1) is 18.9. The van der Waals surface area contributed by atoms with E-state index in [1.54, 1.807) is 13.0 Å². The van der Waals surface area contributed by atoms with Crippen LogP contribution in [0.25, 0.3) is 0 Å². The van der Waals surface area contributed by atoms with Gasteiger partial charge in [-0.1, -0.05) is 46.9 Å². The van der Waals surface area contributed by atoms with Gasteiger partial charge < -0.3 is 5.11 Å². The average molecular weight is 404 g/mol. The fraction of sp³-hybridized carbons (Fsp3) is 0.0714. The van der Waals surface area contributed by atoms with Crippen LogP contribution >= 0.6 is 34.8 Å². The minimum atomic E-state index is -1.38. The van der Waals surface area contributed by atoms with Gasteiger partial charge in [0.15, 0.2) is 10.8 Å². The van der Waals surface area contributed by atoms with Crippen LogP contribution in [0.2, 0.25) is 15.2 Å². The van der Waals surface area contributed by atoms with Crippen LogP contribution in [0, 0.1) is 10.1 Å². The SMILES string of the molecule is C/C(=N/Nc1c(Cl)c(Cl)nc(C(=O)O)c1Cl)c1cccc([N+](=O)[O-])c1. The number of carboxylic acids is 1. The standard InChI is InChI=1S/C14H9Cl3N4O4/c1-6(7-3-2-4-8(5-7)21(24)25)19-20-11-9(15)12(14(22)23)18-13(17)10(11)16/h2-5H,1H3,(H,18,20)(H,22,23)/b19-6-. The van der Waals surface area contributed by atoms with Gasteiger partial charge >= 0.3 is 5.97 Å². The molecule has 0 radical (unpaired) electrons. The van der Waals surface area contributed by atoms with Crippen LogP contribution in [0.1, 0.15) is 23.0 Å². The third-order valence-corrected chi connectivity index (χ3v) is 4.16. The molecule has 0 atom stereocenters. The molecule has 130 valence electrons. The second kappa shape index (κ2) is 7.64. The van der Waals surface area contributed by atoms with Crippen molar-refractivity contribution in [2.24, 2.45) is 5.10 Å². The van der Waals surface area contributed by atoms with Gasteiger partial charge in [0.2, 0.25) is 0 Å². The maximum atomic E-state index is 11.1. The second-order valence-electron chi connectivity index (χ2n) is 4.68. The van der Waals surface area contributed by atoms with Crippen molar-refractivity contribution < 1.29 is 14.8 Å². The van der Waals surface area contributed by atoms with Crippen LogP contribution < -0.4 is 5.43 Å². The molecule has 0 unspecified atom stereocenters. The molecule has 0 aliphatic rings. The van der Waals surface area contributed by atoms with Crippen molar-refractivity contribution >= 4 is 57.9 Å². The van der Waals surface area contributed by atoms with Crippen molar-refractivity contribution in [3.63, 3.8) is 0 Å². The molecule has 1 heterocycles. The third-order valence-electron chi connectivity index (χ3n) is 3.05. The Labute approximate surface area is 156 Å². The molecule has 11 heteroatoms. The number of aromatic nitrogens is 1. The molecule has 2 aromatic rings. The Balaban J connectivity index is 2.40. The number of nitrogens with one attached hydrogen (secondary N) is 1. The number of hydrogen-bond acceptors (Lipinski definition) is 6. The number of nitro benzene ring substituents is 1. The molecule has 25 heavy (non-hydrogen) atoms. The Bertz CT molecular complexity index is 902. The Hall–Kier alpha value is -2.42. The molecule has 0 amide bonds. The molecular weight excluding hydrogens is 395 g/mol. The van der Waals surface area contributed by atoms with Gasteiger partial charge in [-0.3, -0.25) is 15.5 Å². The minimum Gasteiger partial charge on any atom is -0.476 e. The summed E-state index contributed by atoms with van der Waals surface area (Å²) in [5.74, 6) is -1.38. The van der Waals surface area contributed by atoms with Crippen molar-refractivity contribution in [1.82, 2.24) is 4.98 Å². The van der Waals surface area contributed by atoms with Gasteiger partial charge in [-0.2, -0.15) is 5.10 Å². The number of non-ortho nitro benzene ring substituents is 1. The highest BCUT2D eigenvalue weighted by atomic mass is 35.5. The molecule has 0 saturated heterocycles. The zero-order valence-electron chi connectivity index (χ0n) is 12.5. The summed E-state index contributed by atoms with van der Waals surface area (Å²) in [5.41, 5.74) is 2.77. The predicted molar refractivity (Wildman–Crippen MR) is 95.2 cm³/mol. The number of anilines is 1. The number of benzene rings is 1. The molecule has 8 nitrogen and oxygen atoms in total. The number of hydrogen-bond donors (Lipinski definition) is 2. The van der Waals surface area contributed by atoms with Crippen LogP contribution in [-0.2, 0) is 0 Å². The number of carboxylic acid groups (broad SMARTS) is 1. The predicted octanol–water partition coefficient (Wildman–Crippen LogP) is 4.48. The molecule has 0 aliphatic heterocycles. The fourth-order valence-electron chi connectivity index (χ4n) is 1.80. The van der Waals surface area contributed by atoms with E-state index in [1.165, 1.54) is 18.2 Å². The lowest BCUT2D eigenvalue weighted by Gasteiger charge is -2.10. The van der Waals surface area contributed by atoms with Crippen molar-refractivity contribution in [2.45, 2.75) is 6.92 Å². The first-order chi connectivity index (χ1) is 11.7. The second-order valence-corrected chi connectivity index (χ2v) is 5.79. The molecular formula is C14H9Cl3N4O4. The Morgan fingerprint density at radius 2 is 2.00 bits per heavy atom. The normalized spacial score (nSPS) is 11.3. The first-order valence-corrected chi connectivity index (χ1v) is 7.68. The smallest absolute Gasteiger partial charge is 0.356 e. The highest BCUT2D eigenvalue weighted by molar-refractivity contribution is 6.46. The zero-order valence-corrected chi connectivity index (χ0v) is 14.7. The monoisotopic (exact) mass is 402 g/mol. The van der Waals surface area contributed by atoms with E-state index >= 15 is 0 Å². The largest absolute Gasteiger partial charge is 0.476 e. The van der Waals surface area contributed by atoms with E-state index in [9.17, 15) is 14.9 Å². The van der Waals surface area contributed by atoms with E-state index < -0.39 is 16.6 Å². The van der Waals surface area contributed by atoms with E-state index in [4.69, 9.17) is 39.9 Å². The first-order valence-electron chi connectivity index (χ1n) is 6.55. The summed E-state index contributed by atoms with van der Waals surface area (Å²) in [4.78, 5) is 25.0. The van der Waals surface area contributed by atoms with Crippen molar-refractivity contribution in [3.8, 4) is 0 Å². The number of carbonyl (C=O) groups is 1. The van der Waals surface area contributed by atoms with E-state index in [2.05, 4.69) is 15.5 Å². The number of rotatable bonds is 5. The lowest BCUT2D eigenvalue weighted by molar-refractivity contribution is -0.384. The summed E-state index contributed by atoms with van der Waals surface area (Å²) in [6.07, 6.45) is 0. The molecule has 2 N–H and O–H groups in total. The van der Waals surface area contributed by atoms with Gasteiger partial charge in [-0.25, -0.2) is 9.78 Å². The van der Waals surface area contributed by atoms with Crippen molar-refractivity contribution in [1.29, 1.82) is 0 Å². The molecule has 1 aromatic carbocycles. The zero-order chi connectivity index (χ0) is 18.7. The Morgan fingerprint density at radius 1 is 1.32 bits per heavy atom. The number of nitro groups is 1. The lowest BCUT2D eigenvalue weighted by Crippen LogP contribution is -2.06. The van der Waals surface area contributed by atoms with E-state index in [0.29, 0.717) is 11.3 Å². The summed E-state index contributed by atoms with van der Waals surface area (Å²) in [6, 6.07) is 5.82. The average Bonchev–Trinajstić information content (AvgIpc) is 2.57. The molecule has 0 fully saturated rings. The lowest BCUT2D eigenvalue weighted by atomic mass is 10.1. The number of hydrazone groups is 1. The molecule has 0 spiro atoms. The quantitative estimate of drug-likeness (QED) is 0.329. The Morgan fingerprint density at radius 3 is 2.60 bits per heavy atom. The van der Waals surface area contributed by atoms with Gasteiger partial charge in [-0.15, -0.1) is 0 Å². The Kier molecular flexibility index (Phi) is 5.78. The van der Waals surface area contributed by atoms with Crippen LogP contribution in [0.15, 0.2) is 29.4 Å². The molecule has 0 saturated carbocycles. The fourth-order valence-corrected chi connectivity index (χ4v) is 2.47. The van der Waals surface area contributed by atoms with Gasteiger partial charge in [0.05, 0.1) is 16.3 Å². The summed E-state index contributed by atoms with van der Waals surface area (Å²) in [5, 5.41) is 23.3. The summed E-state index contributed by atoms with van der Waals surface area (Å²) in [7, 11) is 0. The van der Waals surface area contributed by atoms with E-state index in [0.717, 1.165) is 0 Å². The van der Waals surface area contributed by atoms with Crippen LogP contribution in [0.5, 0.6) is 0 Å². The molecule has 1 aromatic heterocycles. The van der Waals surface area contributed by atoms with Gasteiger partial charge in [-0.05, 0) is 6.92 Å². The van der Waals surface area contributed by atoms with Gasteiger partial charge in [0.1, 0.15) is 10.0 Å². The van der Waals surface area contributed by atoms with Crippen molar-refractivity contribution in [2.75, 3.05) is 5.43 Å². The van der Waals surface area contributed by atoms with Crippen LogP contribution in [-0.4, -0.2) is 26.7 Å². The summed E-state index contributed by atoms with van der Waals surface area (Å²) < 4.78 is 0. The summed E-state index contributed by atoms with van der Waals surface area (Å²) in [6.45, 7) is 1.59. The number of nitrogens with zero attached hydrogens (tertiary/aromatic N) is 3. The number of halogens is 3. The van der Waals surface area contributed by atoms with Gasteiger partial charge in [0.25, 0.3) is 5.69 Å². The maximum Gasteiger partial charge on any atom is 0.356 e. The highest BCUT2D eigenvalue weighted by Crippen LogP contribution is 2.36. The van der Waals surface area contributed by atoms with E-state index in [1.807, 2.05) is 0 Å². The van der Waals surface area contributed by atoms with Crippen molar-refractivity contribution in [3.05, 3.63) is 60.8 Å². The van der Waals surface area contributed by atoms with Crippen LogP contribution in [0.3, 0.4) is 0 Å². The third kappa shape index (κ3) is 4.16.